The highest BCUT2D eigenvalue weighted by Crippen LogP contribution is 2.22. The van der Waals surface area contributed by atoms with Gasteiger partial charge < -0.3 is 5.32 Å². The van der Waals surface area contributed by atoms with Gasteiger partial charge in [-0.2, -0.15) is 0 Å². The summed E-state index contributed by atoms with van der Waals surface area (Å²) in [4.78, 5) is 15.7. The topological polar surface area (TPSA) is 78.7 Å². The van der Waals surface area contributed by atoms with Crippen molar-refractivity contribution in [1.29, 1.82) is 0 Å². The number of anilines is 1. The van der Waals surface area contributed by atoms with Crippen LogP contribution in [-0.2, 0) is 11.2 Å². The summed E-state index contributed by atoms with van der Waals surface area (Å²) in [5.41, 5.74) is 5.82. The summed E-state index contributed by atoms with van der Waals surface area (Å²) in [6.45, 7) is 6.18. The summed E-state index contributed by atoms with van der Waals surface area (Å²) < 4.78 is 2.11. The highest BCUT2D eigenvalue weighted by Gasteiger charge is 2.14. The van der Waals surface area contributed by atoms with Crippen molar-refractivity contribution in [2.75, 3.05) is 11.9 Å². The van der Waals surface area contributed by atoms with E-state index in [0.717, 1.165) is 35.4 Å². The van der Waals surface area contributed by atoms with Crippen LogP contribution in [-0.4, -0.2) is 27.0 Å². The Morgan fingerprint density at radius 1 is 1.40 bits per heavy atom. The Kier molecular flexibility index (Phi) is 4.24. The average molecular weight is 276 g/mol. The van der Waals surface area contributed by atoms with Crippen molar-refractivity contribution in [2.24, 2.45) is 0 Å². The number of aromatic nitrogens is 2. The van der Waals surface area contributed by atoms with Gasteiger partial charge in [-0.3, -0.25) is 14.4 Å². The van der Waals surface area contributed by atoms with Crippen molar-refractivity contribution in [1.82, 2.24) is 14.9 Å². The van der Waals surface area contributed by atoms with Crippen LogP contribution in [0.25, 0.3) is 5.65 Å². The second kappa shape index (κ2) is 5.92. The molecular formula is C14H20N4O2. The van der Waals surface area contributed by atoms with E-state index in [1.165, 1.54) is 0 Å². The number of hydroxylamine groups is 1. The number of hydrogen-bond acceptors (Lipinski definition) is 4. The SMILES string of the molecule is CCCc1c(NCC(=O)NO)nc2cc(C)cc(C)n12. The molecule has 108 valence electrons. The molecule has 0 saturated carbocycles. The Labute approximate surface area is 117 Å². The fraction of sp³-hybridized carbons (Fsp3) is 0.429. The van der Waals surface area contributed by atoms with Gasteiger partial charge in [0.1, 0.15) is 11.5 Å². The first kappa shape index (κ1) is 14.3. The van der Waals surface area contributed by atoms with E-state index in [2.05, 4.69) is 27.7 Å². The van der Waals surface area contributed by atoms with Crippen LogP contribution in [0.3, 0.4) is 0 Å². The van der Waals surface area contributed by atoms with Crippen LogP contribution in [0.5, 0.6) is 0 Å². The minimum atomic E-state index is -0.489. The lowest BCUT2D eigenvalue weighted by molar-refractivity contribution is -0.127. The molecule has 6 heteroatoms. The van der Waals surface area contributed by atoms with Gasteiger partial charge in [0.15, 0.2) is 0 Å². The van der Waals surface area contributed by atoms with Gasteiger partial charge in [0.2, 0.25) is 0 Å². The summed E-state index contributed by atoms with van der Waals surface area (Å²) in [6, 6.07) is 4.13. The first-order chi connectivity index (χ1) is 9.56. The molecule has 0 aliphatic heterocycles. The standard InChI is InChI=1S/C14H20N4O2/c1-4-5-11-14(15-8-13(19)17-20)16-12-7-9(2)6-10(3)18(11)12/h6-7,15,20H,4-5,8H2,1-3H3,(H,17,19). The van der Waals surface area contributed by atoms with Crippen molar-refractivity contribution >= 4 is 17.4 Å². The van der Waals surface area contributed by atoms with Crippen LogP contribution in [0.1, 0.15) is 30.3 Å². The Bertz CT molecular complexity index is 634. The molecular weight excluding hydrogens is 256 g/mol. The molecule has 0 radical (unpaired) electrons. The number of fused-ring (bicyclic) bond motifs is 1. The lowest BCUT2D eigenvalue weighted by atomic mass is 10.2. The minimum Gasteiger partial charge on any atom is -0.359 e. The Hall–Kier alpha value is -2.08. The molecule has 0 bridgehead atoms. The predicted octanol–water partition coefficient (Wildman–Crippen LogP) is 1.82. The third-order valence-electron chi connectivity index (χ3n) is 3.17. The van der Waals surface area contributed by atoms with E-state index in [9.17, 15) is 4.79 Å². The first-order valence-electron chi connectivity index (χ1n) is 6.72. The van der Waals surface area contributed by atoms with Crippen molar-refractivity contribution < 1.29 is 10.0 Å². The molecule has 0 fully saturated rings. The van der Waals surface area contributed by atoms with E-state index in [-0.39, 0.29) is 6.54 Å². The molecule has 3 N–H and O–H groups in total. The third-order valence-corrected chi connectivity index (χ3v) is 3.17. The molecule has 0 aliphatic carbocycles. The number of aryl methyl sites for hydroxylation is 3. The molecule has 20 heavy (non-hydrogen) atoms. The maximum atomic E-state index is 11.1. The number of hydrogen-bond donors (Lipinski definition) is 3. The number of carbonyl (C=O) groups excluding carboxylic acids is 1. The molecule has 2 aromatic rings. The number of rotatable bonds is 5. The van der Waals surface area contributed by atoms with E-state index in [1.807, 2.05) is 19.9 Å². The highest BCUT2D eigenvalue weighted by molar-refractivity contribution is 5.79. The van der Waals surface area contributed by atoms with Crippen molar-refractivity contribution in [3.8, 4) is 0 Å². The quantitative estimate of drug-likeness (QED) is 0.575. The molecule has 6 nitrogen and oxygen atoms in total. The fourth-order valence-corrected chi connectivity index (χ4v) is 2.42. The van der Waals surface area contributed by atoms with E-state index in [4.69, 9.17) is 5.21 Å². The molecule has 1 amide bonds. The van der Waals surface area contributed by atoms with Gasteiger partial charge in [0, 0.05) is 5.69 Å². The van der Waals surface area contributed by atoms with Gasteiger partial charge in [-0.25, -0.2) is 10.5 Å². The lowest BCUT2D eigenvalue weighted by Gasteiger charge is -2.08. The summed E-state index contributed by atoms with van der Waals surface area (Å²) >= 11 is 0. The Balaban J connectivity index is 2.45. The van der Waals surface area contributed by atoms with Crippen LogP contribution in [0.2, 0.25) is 0 Å². The van der Waals surface area contributed by atoms with Crippen LogP contribution in [0.15, 0.2) is 12.1 Å². The summed E-state index contributed by atoms with van der Waals surface area (Å²) in [5.74, 6) is 0.210. The van der Waals surface area contributed by atoms with Crippen LogP contribution < -0.4 is 10.8 Å². The van der Waals surface area contributed by atoms with Gasteiger partial charge in [0.25, 0.3) is 5.91 Å². The van der Waals surface area contributed by atoms with Crippen LogP contribution >= 0.6 is 0 Å². The maximum absolute atomic E-state index is 11.1. The molecule has 0 saturated heterocycles. The summed E-state index contributed by atoms with van der Waals surface area (Å²) in [7, 11) is 0. The molecule has 2 heterocycles. The van der Waals surface area contributed by atoms with Gasteiger partial charge in [0.05, 0.1) is 12.2 Å². The van der Waals surface area contributed by atoms with Crippen LogP contribution in [0, 0.1) is 13.8 Å². The predicted molar refractivity (Wildman–Crippen MR) is 77.1 cm³/mol. The Morgan fingerprint density at radius 3 is 2.80 bits per heavy atom. The smallest absolute Gasteiger partial charge is 0.262 e. The third kappa shape index (κ3) is 2.75. The minimum absolute atomic E-state index is 0.00484. The zero-order chi connectivity index (χ0) is 14.7. The molecule has 0 spiro atoms. The molecule has 0 aliphatic rings. The number of amides is 1. The molecule has 2 aromatic heterocycles. The van der Waals surface area contributed by atoms with Crippen molar-refractivity contribution in [3.63, 3.8) is 0 Å². The maximum Gasteiger partial charge on any atom is 0.262 e. The normalized spacial score (nSPS) is 10.8. The fourth-order valence-electron chi connectivity index (χ4n) is 2.42. The number of carbonyl (C=O) groups is 1. The summed E-state index contributed by atoms with van der Waals surface area (Å²) in [5, 5.41) is 11.5. The second-order valence-corrected chi connectivity index (χ2v) is 4.91. The molecule has 2 rings (SSSR count). The van der Waals surface area contributed by atoms with Gasteiger partial charge in [-0.05, 0) is 38.0 Å². The van der Waals surface area contributed by atoms with Gasteiger partial charge >= 0.3 is 0 Å². The molecule has 0 unspecified atom stereocenters. The van der Waals surface area contributed by atoms with Gasteiger partial charge in [-0.15, -0.1) is 0 Å². The number of nitrogens with zero attached hydrogens (tertiary/aromatic N) is 2. The van der Waals surface area contributed by atoms with E-state index in [0.29, 0.717) is 5.82 Å². The zero-order valence-electron chi connectivity index (χ0n) is 12.0. The zero-order valence-corrected chi connectivity index (χ0v) is 12.0. The van der Waals surface area contributed by atoms with Crippen molar-refractivity contribution in [2.45, 2.75) is 33.6 Å². The number of nitrogens with one attached hydrogen (secondary N) is 2. The highest BCUT2D eigenvalue weighted by atomic mass is 16.5. The first-order valence-corrected chi connectivity index (χ1v) is 6.72. The monoisotopic (exact) mass is 276 g/mol. The lowest BCUT2D eigenvalue weighted by Crippen LogP contribution is -2.27. The van der Waals surface area contributed by atoms with E-state index < -0.39 is 5.91 Å². The second-order valence-electron chi connectivity index (χ2n) is 4.91. The summed E-state index contributed by atoms with van der Waals surface area (Å²) in [6.07, 6.45) is 1.86. The van der Waals surface area contributed by atoms with Crippen molar-refractivity contribution in [3.05, 3.63) is 29.1 Å². The Morgan fingerprint density at radius 2 is 2.15 bits per heavy atom. The molecule has 0 atom stereocenters. The number of imidazole rings is 1. The number of pyridine rings is 1. The largest absolute Gasteiger partial charge is 0.359 e. The molecule has 0 aromatic carbocycles. The van der Waals surface area contributed by atoms with Gasteiger partial charge in [-0.1, -0.05) is 13.3 Å². The van der Waals surface area contributed by atoms with E-state index >= 15 is 0 Å². The average Bonchev–Trinajstić information content (AvgIpc) is 2.74. The van der Waals surface area contributed by atoms with Crippen LogP contribution in [0.4, 0.5) is 5.82 Å². The van der Waals surface area contributed by atoms with E-state index in [1.54, 1.807) is 5.48 Å².